The lowest BCUT2D eigenvalue weighted by Crippen LogP contribution is -2.59. The summed E-state index contributed by atoms with van der Waals surface area (Å²) in [6, 6.07) is 5.52. The van der Waals surface area contributed by atoms with Crippen LogP contribution in [0.1, 0.15) is 25.8 Å². The second kappa shape index (κ2) is 6.03. The number of benzene rings is 1. The third-order valence-corrected chi connectivity index (χ3v) is 3.73. The molecule has 2 amide bonds. The van der Waals surface area contributed by atoms with Crippen LogP contribution in [-0.2, 0) is 16.1 Å². The molecule has 1 aliphatic rings. The summed E-state index contributed by atoms with van der Waals surface area (Å²) in [6.45, 7) is 4.33. The molecule has 1 N–H and O–H groups in total. The van der Waals surface area contributed by atoms with Gasteiger partial charge in [0.25, 0.3) is 0 Å². The average Bonchev–Trinajstić information content (AvgIpc) is 2.44. The number of halogens is 1. The number of amides is 2. The molecule has 0 saturated carbocycles. The van der Waals surface area contributed by atoms with Gasteiger partial charge < -0.3 is 10.2 Å². The van der Waals surface area contributed by atoms with E-state index < -0.39 is 6.04 Å². The van der Waals surface area contributed by atoms with Crippen molar-refractivity contribution in [3.8, 4) is 0 Å². The molecule has 2 unspecified atom stereocenters. The van der Waals surface area contributed by atoms with E-state index in [1.165, 1.54) is 17.0 Å². The van der Waals surface area contributed by atoms with Gasteiger partial charge in [0.05, 0.1) is 6.54 Å². The molecule has 0 radical (unpaired) electrons. The van der Waals surface area contributed by atoms with Crippen LogP contribution in [0.3, 0.4) is 0 Å². The molecular formula is C15H19FN2O2. The number of nitrogens with zero attached hydrogens (tertiary/aromatic N) is 1. The highest BCUT2D eigenvalue weighted by molar-refractivity contribution is 5.94. The number of carbonyl (C=O) groups excluding carboxylic acids is 2. The summed E-state index contributed by atoms with van der Waals surface area (Å²) in [4.78, 5) is 25.6. The second-order valence-electron chi connectivity index (χ2n) is 5.25. The largest absolute Gasteiger partial charge is 0.342 e. The van der Waals surface area contributed by atoms with Gasteiger partial charge in [0.1, 0.15) is 11.9 Å². The molecule has 5 heteroatoms. The highest BCUT2D eigenvalue weighted by atomic mass is 19.1. The average molecular weight is 278 g/mol. The summed E-state index contributed by atoms with van der Waals surface area (Å²) >= 11 is 0. The van der Waals surface area contributed by atoms with Crippen LogP contribution in [-0.4, -0.2) is 29.3 Å². The number of hydrogen-bond donors (Lipinski definition) is 1. The monoisotopic (exact) mass is 278 g/mol. The van der Waals surface area contributed by atoms with Gasteiger partial charge in [-0.15, -0.1) is 0 Å². The van der Waals surface area contributed by atoms with Crippen LogP contribution in [0.2, 0.25) is 0 Å². The lowest BCUT2D eigenvalue weighted by molar-refractivity contribution is -0.146. The van der Waals surface area contributed by atoms with Crippen molar-refractivity contribution < 1.29 is 14.0 Å². The van der Waals surface area contributed by atoms with Gasteiger partial charge in [0, 0.05) is 6.54 Å². The molecule has 1 aliphatic heterocycles. The SMILES string of the molecule is CCC(C)C1NC(=O)CN(Cc2ccc(F)cc2)C1=O. The first-order valence-corrected chi connectivity index (χ1v) is 6.84. The summed E-state index contributed by atoms with van der Waals surface area (Å²) in [6.07, 6.45) is 0.821. The molecule has 0 aromatic heterocycles. The maximum absolute atomic E-state index is 12.9. The molecule has 108 valence electrons. The molecule has 1 saturated heterocycles. The van der Waals surface area contributed by atoms with E-state index in [0.29, 0.717) is 6.54 Å². The van der Waals surface area contributed by atoms with Crippen molar-refractivity contribution in [3.05, 3.63) is 35.6 Å². The zero-order valence-electron chi connectivity index (χ0n) is 11.7. The van der Waals surface area contributed by atoms with E-state index in [9.17, 15) is 14.0 Å². The number of piperazine rings is 1. The van der Waals surface area contributed by atoms with Crippen LogP contribution in [0.5, 0.6) is 0 Å². The summed E-state index contributed by atoms with van der Waals surface area (Å²) < 4.78 is 12.9. The van der Waals surface area contributed by atoms with Crippen LogP contribution in [0.15, 0.2) is 24.3 Å². The zero-order chi connectivity index (χ0) is 14.7. The van der Waals surface area contributed by atoms with Crippen LogP contribution >= 0.6 is 0 Å². The molecule has 2 rings (SSSR count). The van der Waals surface area contributed by atoms with E-state index in [1.54, 1.807) is 12.1 Å². The Balaban J connectivity index is 2.11. The molecule has 4 nitrogen and oxygen atoms in total. The van der Waals surface area contributed by atoms with Crippen molar-refractivity contribution in [2.24, 2.45) is 5.92 Å². The molecule has 2 atom stereocenters. The Morgan fingerprint density at radius 2 is 2.00 bits per heavy atom. The summed E-state index contributed by atoms with van der Waals surface area (Å²) in [7, 11) is 0. The van der Waals surface area contributed by atoms with E-state index in [0.717, 1.165) is 12.0 Å². The van der Waals surface area contributed by atoms with Crippen molar-refractivity contribution in [1.29, 1.82) is 0 Å². The maximum Gasteiger partial charge on any atom is 0.246 e. The van der Waals surface area contributed by atoms with Crippen LogP contribution in [0, 0.1) is 11.7 Å². The second-order valence-corrected chi connectivity index (χ2v) is 5.25. The molecule has 20 heavy (non-hydrogen) atoms. The first-order valence-electron chi connectivity index (χ1n) is 6.84. The standard InChI is InChI=1S/C15H19FN2O2/c1-3-10(2)14-15(20)18(9-13(19)17-14)8-11-4-6-12(16)7-5-11/h4-7,10,14H,3,8-9H2,1-2H3,(H,17,19). The fraction of sp³-hybridized carbons (Fsp3) is 0.467. The van der Waals surface area contributed by atoms with Crippen LogP contribution in [0.25, 0.3) is 0 Å². The van der Waals surface area contributed by atoms with E-state index in [2.05, 4.69) is 5.32 Å². The minimum absolute atomic E-state index is 0.0587. The fourth-order valence-corrected chi connectivity index (χ4v) is 2.29. The summed E-state index contributed by atoms with van der Waals surface area (Å²) in [5.41, 5.74) is 0.817. The molecule has 0 spiro atoms. The molecule has 0 aliphatic carbocycles. The Morgan fingerprint density at radius 3 is 2.60 bits per heavy atom. The first-order chi connectivity index (χ1) is 9.51. The fourth-order valence-electron chi connectivity index (χ4n) is 2.29. The van der Waals surface area contributed by atoms with E-state index >= 15 is 0 Å². The normalized spacial score (nSPS) is 20.8. The van der Waals surface area contributed by atoms with Crippen LogP contribution < -0.4 is 5.32 Å². The van der Waals surface area contributed by atoms with Crippen molar-refractivity contribution in [1.82, 2.24) is 10.2 Å². The van der Waals surface area contributed by atoms with Crippen molar-refractivity contribution in [2.75, 3.05) is 6.54 Å². The zero-order valence-corrected chi connectivity index (χ0v) is 11.7. The summed E-state index contributed by atoms with van der Waals surface area (Å²) in [5, 5.41) is 2.75. The van der Waals surface area contributed by atoms with Gasteiger partial charge >= 0.3 is 0 Å². The van der Waals surface area contributed by atoms with Crippen molar-refractivity contribution in [3.63, 3.8) is 0 Å². The maximum atomic E-state index is 12.9. The van der Waals surface area contributed by atoms with E-state index in [1.807, 2.05) is 13.8 Å². The predicted octanol–water partition coefficient (Wildman–Crippen LogP) is 1.70. The predicted molar refractivity (Wildman–Crippen MR) is 73.2 cm³/mol. The van der Waals surface area contributed by atoms with Gasteiger partial charge in [-0.25, -0.2) is 4.39 Å². The highest BCUT2D eigenvalue weighted by Gasteiger charge is 2.35. The molecular weight excluding hydrogens is 259 g/mol. The van der Waals surface area contributed by atoms with Crippen molar-refractivity contribution in [2.45, 2.75) is 32.9 Å². The van der Waals surface area contributed by atoms with Crippen molar-refractivity contribution >= 4 is 11.8 Å². The molecule has 1 heterocycles. The summed E-state index contributed by atoms with van der Waals surface area (Å²) in [5.74, 6) is -0.420. The van der Waals surface area contributed by atoms with Gasteiger partial charge in [0.2, 0.25) is 11.8 Å². The Bertz CT molecular complexity index is 501. The Morgan fingerprint density at radius 1 is 1.35 bits per heavy atom. The minimum Gasteiger partial charge on any atom is -0.342 e. The number of rotatable bonds is 4. The number of nitrogens with one attached hydrogen (secondary N) is 1. The van der Waals surface area contributed by atoms with Gasteiger partial charge in [-0.2, -0.15) is 0 Å². The number of carbonyl (C=O) groups is 2. The highest BCUT2D eigenvalue weighted by Crippen LogP contribution is 2.16. The van der Waals surface area contributed by atoms with Crippen LogP contribution in [0.4, 0.5) is 4.39 Å². The third kappa shape index (κ3) is 3.15. The van der Waals surface area contributed by atoms with E-state index in [4.69, 9.17) is 0 Å². The first kappa shape index (κ1) is 14.5. The Labute approximate surface area is 118 Å². The smallest absolute Gasteiger partial charge is 0.246 e. The Hall–Kier alpha value is -1.91. The number of hydrogen-bond acceptors (Lipinski definition) is 2. The Kier molecular flexibility index (Phi) is 4.37. The van der Waals surface area contributed by atoms with Gasteiger partial charge in [0.15, 0.2) is 0 Å². The molecule has 0 bridgehead atoms. The molecule has 1 fully saturated rings. The van der Waals surface area contributed by atoms with Gasteiger partial charge in [-0.05, 0) is 23.6 Å². The van der Waals surface area contributed by atoms with Gasteiger partial charge in [-0.1, -0.05) is 32.4 Å². The van der Waals surface area contributed by atoms with E-state index in [-0.39, 0.29) is 30.1 Å². The molecule has 1 aromatic carbocycles. The van der Waals surface area contributed by atoms with Gasteiger partial charge in [-0.3, -0.25) is 9.59 Å². The minimum atomic E-state index is -0.457. The lowest BCUT2D eigenvalue weighted by atomic mass is 9.96. The molecule has 1 aromatic rings. The quantitative estimate of drug-likeness (QED) is 0.911. The lowest BCUT2D eigenvalue weighted by Gasteiger charge is -2.35. The topological polar surface area (TPSA) is 49.4 Å². The third-order valence-electron chi connectivity index (χ3n) is 3.73.